The van der Waals surface area contributed by atoms with Crippen LogP contribution in [0.1, 0.15) is 33.1 Å². The molecular formula is C12H25N3O. The smallest absolute Gasteiger partial charge is 0.234 e. The van der Waals surface area contributed by atoms with Crippen LogP contribution >= 0.6 is 0 Å². The Morgan fingerprint density at radius 1 is 1.56 bits per heavy atom. The first-order valence-electron chi connectivity index (χ1n) is 6.27. The maximum atomic E-state index is 11.1. The summed E-state index contributed by atoms with van der Waals surface area (Å²) in [4.78, 5) is 13.6. The van der Waals surface area contributed by atoms with E-state index in [1.807, 2.05) is 0 Å². The molecular weight excluding hydrogens is 202 g/mol. The van der Waals surface area contributed by atoms with Crippen molar-refractivity contribution in [2.45, 2.75) is 45.2 Å². The second kappa shape index (κ2) is 6.21. The van der Waals surface area contributed by atoms with Crippen molar-refractivity contribution in [2.24, 2.45) is 11.7 Å². The zero-order valence-electron chi connectivity index (χ0n) is 10.7. The Kier molecular flexibility index (Phi) is 5.22. The van der Waals surface area contributed by atoms with E-state index in [9.17, 15) is 4.79 Å². The average Bonchev–Trinajstić information content (AvgIpc) is 2.66. The van der Waals surface area contributed by atoms with Crippen LogP contribution in [0.2, 0.25) is 0 Å². The number of primary amides is 1. The van der Waals surface area contributed by atoms with Crippen LogP contribution in [-0.4, -0.2) is 43.0 Å². The van der Waals surface area contributed by atoms with Gasteiger partial charge >= 0.3 is 0 Å². The van der Waals surface area contributed by atoms with E-state index in [0.717, 1.165) is 19.5 Å². The molecule has 1 amide bonds. The van der Waals surface area contributed by atoms with Crippen LogP contribution in [0.5, 0.6) is 0 Å². The lowest BCUT2D eigenvalue weighted by atomic mass is 10.0. The molecule has 1 rings (SSSR count). The molecule has 1 heterocycles. The monoisotopic (exact) mass is 227 g/mol. The van der Waals surface area contributed by atoms with Crippen LogP contribution in [-0.2, 0) is 4.79 Å². The van der Waals surface area contributed by atoms with Crippen molar-refractivity contribution in [3.05, 3.63) is 0 Å². The molecule has 0 radical (unpaired) electrons. The van der Waals surface area contributed by atoms with Crippen molar-refractivity contribution in [1.82, 2.24) is 10.2 Å². The third-order valence-electron chi connectivity index (χ3n) is 3.58. The lowest BCUT2D eigenvalue weighted by Crippen LogP contribution is -2.43. The molecule has 1 aliphatic heterocycles. The lowest BCUT2D eigenvalue weighted by Gasteiger charge is -2.28. The number of amides is 1. The molecule has 0 aromatic carbocycles. The largest absolute Gasteiger partial charge is 0.368 e. The van der Waals surface area contributed by atoms with Gasteiger partial charge in [0.15, 0.2) is 0 Å². The highest BCUT2D eigenvalue weighted by molar-refractivity contribution is 5.79. The van der Waals surface area contributed by atoms with E-state index in [1.165, 1.54) is 12.8 Å². The van der Waals surface area contributed by atoms with Gasteiger partial charge in [0.05, 0.1) is 6.04 Å². The SMILES string of the molecule is CNC(CCN1CCCC1C(C)C)C(N)=O. The number of hydrogen-bond acceptors (Lipinski definition) is 3. The molecule has 2 atom stereocenters. The highest BCUT2D eigenvalue weighted by Gasteiger charge is 2.27. The summed E-state index contributed by atoms with van der Waals surface area (Å²) in [6.07, 6.45) is 3.39. The van der Waals surface area contributed by atoms with E-state index >= 15 is 0 Å². The predicted octanol–water partition coefficient (Wildman–Crippen LogP) is 0.570. The van der Waals surface area contributed by atoms with Crippen molar-refractivity contribution in [3.63, 3.8) is 0 Å². The van der Waals surface area contributed by atoms with Crippen LogP contribution in [0, 0.1) is 5.92 Å². The van der Waals surface area contributed by atoms with Crippen LogP contribution in [0.25, 0.3) is 0 Å². The maximum Gasteiger partial charge on any atom is 0.234 e. The Labute approximate surface area is 98.6 Å². The summed E-state index contributed by atoms with van der Waals surface area (Å²) in [5.74, 6) is 0.451. The number of hydrogen-bond donors (Lipinski definition) is 2. The maximum absolute atomic E-state index is 11.1. The summed E-state index contributed by atoms with van der Waals surface area (Å²) in [5.41, 5.74) is 5.31. The van der Waals surface area contributed by atoms with Gasteiger partial charge in [0.25, 0.3) is 0 Å². The van der Waals surface area contributed by atoms with Gasteiger partial charge in [-0.05, 0) is 38.8 Å². The van der Waals surface area contributed by atoms with E-state index < -0.39 is 0 Å². The fourth-order valence-electron chi connectivity index (χ4n) is 2.61. The standard InChI is InChI=1S/C12H25N3O/c1-9(2)11-5-4-7-15(11)8-6-10(14-3)12(13)16/h9-11,14H,4-8H2,1-3H3,(H2,13,16). The number of carbonyl (C=O) groups is 1. The number of nitrogens with one attached hydrogen (secondary N) is 1. The summed E-state index contributed by atoms with van der Waals surface area (Å²) >= 11 is 0. The van der Waals surface area contributed by atoms with Crippen molar-refractivity contribution in [1.29, 1.82) is 0 Å². The minimum absolute atomic E-state index is 0.187. The predicted molar refractivity (Wildman–Crippen MR) is 66.1 cm³/mol. The van der Waals surface area contributed by atoms with Crippen molar-refractivity contribution in [2.75, 3.05) is 20.1 Å². The second-order valence-corrected chi connectivity index (χ2v) is 5.02. The Hall–Kier alpha value is -0.610. The number of nitrogens with zero attached hydrogens (tertiary/aromatic N) is 1. The molecule has 3 N–H and O–H groups in total. The molecule has 4 heteroatoms. The van der Waals surface area contributed by atoms with E-state index in [1.54, 1.807) is 7.05 Å². The normalized spacial score (nSPS) is 23.9. The highest BCUT2D eigenvalue weighted by atomic mass is 16.1. The number of likely N-dealkylation sites (tertiary alicyclic amines) is 1. The van der Waals surface area contributed by atoms with Gasteiger partial charge in [0.2, 0.25) is 5.91 Å². The van der Waals surface area contributed by atoms with Crippen LogP contribution in [0.3, 0.4) is 0 Å². The fourth-order valence-corrected chi connectivity index (χ4v) is 2.61. The first-order chi connectivity index (χ1) is 7.56. The summed E-state index contributed by atoms with van der Waals surface area (Å²) in [7, 11) is 1.79. The third kappa shape index (κ3) is 3.46. The number of rotatable bonds is 6. The van der Waals surface area contributed by atoms with Crippen molar-refractivity contribution < 1.29 is 4.79 Å². The minimum Gasteiger partial charge on any atom is -0.368 e. The van der Waals surface area contributed by atoms with E-state index in [2.05, 4.69) is 24.1 Å². The number of likely N-dealkylation sites (N-methyl/N-ethyl adjacent to an activating group) is 1. The molecule has 4 nitrogen and oxygen atoms in total. The van der Waals surface area contributed by atoms with Gasteiger partial charge in [-0.3, -0.25) is 4.79 Å². The molecule has 0 spiro atoms. The zero-order valence-corrected chi connectivity index (χ0v) is 10.7. The molecule has 1 aliphatic rings. The van der Waals surface area contributed by atoms with Gasteiger partial charge in [-0.2, -0.15) is 0 Å². The first-order valence-corrected chi connectivity index (χ1v) is 6.27. The van der Waals surface area contributed by atoms with Crippen LogP contribution < -0.4 is 11.1 Å². The topological polar surface area (TPSA) is 58.4 Å². The molecule has 16 heavy (non-hydrogen) atoms. The quantitative estimate of drug-likeness (QED) is 0.697. The van der Waals surface area contributed by atoms with Crippen molar-refractivity contribution in [3.8, 4) is 0 Å². The molecule has 1 saturated heterocycles. The van der Waals surface area contributed by atoms with Crippen LogP contribution in [0.4, 0.5) is 0 Å². The summed E-state index contributed by atoms with van der Waals surface area (Å²) in [6.45, 7) is 6.68. The van der Waals surface area contributed by atoms with Gasteiger partial charge in [-0.1, -0.05) is 13.8 Å². The molecule has 1 fully saturated rings. The summed E-state index contributed by atoms with van der Waals surface area (Å²) < 4.78 is 0. The Morgan fingerprint density at radius 2 is 2.25 bits per heavy atom. The number of nitrogens with two attached hydrogens (primary N) is 1. The van der Waals surface area contributed by atoms with E-state index in [-0.39, 0.29) is 11.9 Å². The Bertz CT molecular complexity index is 230. The van der Waals surface area contributed by atoms with E-state index in [0.29, 0.717) is 12.0 Å². The third-order valence-corrected chi connectivity index (χ3v) is 3.58. The molecule has 0 aliphatic carbocycles. The van der Waals surface area contributed by atoms with Crippen LogP contribution in [0.15, 0.2) is 0 Å². The first kappa shape index (κ1) is 13.5. The second-order valence-electron chi connectivity index (χ2n) is 5.02. The van der Waals surface area contributed by atoms with Gasteiger partial charge in [-0.25, -0.2) is 0 Å². The van der Waals surface area contributed by atoms with Crippen molar-refractivity contribution >= 4 is 5.91 Å². The summed E-state index contributed by atoms with van der Waals surface area (Å²) in [5, 5.41) is 2.97. The average molecular weight is 227 g/mol. The molecule has 0 saturated carbocycles. The molecule has 94 valence electrons. The lowest BCUT2D eigenvalue weighted by molar-refractivity contribution is -0.120. The summed E-state index contributed by atoms with van der Waals surface area (Å²) in [6, 6.07) is 0.499. The van der Waals surface area contributed by atoms with Gasteiger partial charge in [0, 0.05) is 12.6 Å². The molecule has 0 aromatic heterocycles. The number of carbonyl (C=O) groups excluding carboxylic acids is 1. The molecule has 0 aromatic rings. The Morgan fingerprint density at radius 3 is 2.75 bits per heavy atom. The Balaban J connectivity index is 2.39. The van der Waals surface area contributed by atoms with Gasteiger partial charge in [-0.15, -0.1) is 0 Å². The highest BCUT2D eigenvalue weighted by Crippen LogP contribution is 2.23. The minimum atomic E-state index is -0.247. The van der Waals surface area contributed by atoms with Gasteiger partial charge in [0.1, 0.15) is 0 Å². The molecule has 2 unspecified atom stereocenters. The van der Waals surface area contributed by atoms with E-state index in [4.69, 9.17) is 5.73 Å². The zero-order chi connectivity index (χ0) is 12.1. The fraction of sp³-hybridized carbons (Fsp3) is 0.917. The van der Waals surface area contributed by atoms with Gasteiger partial charge < -0.3 is 16.0 Å². The molecule has 0 bridgehead atoms.